The standard InChI is InChI=1S/C16H29N3O3Si/c1-16(2,3)23(4,5)22-12-13-6-7-17-15(18-13)19-8-9-21-14(10-19)11-20/h6-7,14,20H,8-12H2,1-5H3/t14-/m0/s1. The van der Waals surface area contributed by atoms with E-state index in [9.17, 15) is 5.11 Å². The van der Waals surface area contributed by atoms with Gasteiger partial charge in [-0.2, -0.15) is 0 Å². The van der Waals surface area contributed by atoms with Gasteiger partial charge in [0.05, 0.1) is 31.6 Å². The fourth-order valence-electron chi connectivity index (χ4n) is 2.10. The Morgan fingerprint density at radius 3 is 2.83 bits per heavy atom. The zero-order chi connectivity index (χ0) is 17.1. The molecule has 0 amide bonds. The van der Waals surface area contributed by atoms with E-state index in [0.29, 0.717) is 25.7 Å². The average molecular weight is 340 g/mol. The van der Waals surface area contributed by atoms with Gasteiger partial charge in [0.1, 0.15) is 0 Å². The lowest BCUT2D eigenvalue weighted by molar-refractivity contribution is 0.00312. The van der Waals surface area contributed by atoms with Crippen molar-refractivity contribution in [2.24, 2.45) is 0 Å². The highest BCUT2D eigenvalue weighted by Gasteiger charge is 2.37. The van der Waals surface area contributed by atoms with Gasteiger partial charge in [-0.1, -0.05) is 20.8 Å². The number of hydrogen-bond donors (Lipinski definition) is 1. The molecule has 1 aliphatic heterocycles. The number of rotatable bonds is 5. The first-order valence-corrected chi connectivity index (χ1v) is 11.1. The van der Waals surface area contributed by atoms with E-state index in [4.69, 9.17) is 9.16 Å². The van der Waals surface area contributed by atoms with Gasteiger partial charge in [0, 0.05) is 19.3 Å². The molecule has 0 unspecified atom stereocenters. The summed E-state index contributed by atoms with van der Waals surface area (Å²) in [4.78, 5) is 11.0. The maximum atomic E-state index is 9.25. The second-order valence-electron chi connectivity index (χ2n) is 7.52. The van der Waals surface area contributed by atoms with Crippen LogP contribution in [-0.2, 0) is 15.8 Å². The van der Waals surface area contributed by atoms with Gasteiger partial charge in [0.2, 0.25) is 5.95 Å². The Kier molecular flexibility index (Phi) is 5.78. The highest BCUT2D eigenvalue weighted by atomic mass is 28.4. The van der Waals surface area contributed by atoms with Crippen LogP contribution in [0.5, 0.6) is 0 Å². The van der Waals surface area contributed by atoms with E-state index in [0.717, 1.165) is 12.2 Å². The number of aliphatic hydroxyl groups excluding tert-OH is 1. The lowest BCUT2D eigenvalue weighted by atomic mass is 10.2. The predicted octanol–water partition coefficient (Wildman–Crippen LogP) is 2.20. The fourth-order valence-corrected chi connectivity index (χ4v) is 3.04. The maximum Gasteiger partial charge on any atom is 0.225 e. The second-order valence-corrected chi connectivity index (χ2v) is 12.3. The highest BCUT2D eigenvalue weighted by molar-refractivity contribution is 6.74. The van der Waals surface area contributed by atoms with Crippen molar-refractivity contribution >= 4 is 14.3 Å². The number of aliphatic hydroxyl groups is 1. The van der Waals surface area contributed by atoms with Crippen molar-refractivity contribution < 1.29 is 14.3 Å². The van der Waals surface area contributed by atoms with Crippen molar-refractivity contribution in [3.05, 3.63) is 18.0 Å². The van der Waals surface area contributed by atoms with Crippen molar-refractivity contribution in [3.8, 4) is 0 Å². The number of ether oxygens (including phenoxy) is 1. The van der Waals surface area contributed by atoms with Gasteiger partial charge in [-0.05, 0) is 24.2 Å². The molecule has 0 spiro atoms. The minimum Gasteiger partial charge on any atom is -0.411 e. The summed E-state index contributed by atoms with van der Waals surface area (Å²) >= 11 is 0. The van der Waals surface area contributed by atoms with Gasteiger partial charge < -0.3 is 19.2 Å². The summed E-state index contributed by atoms with van der Waals surface area (Å²) in [6.07, 6.45) is 1.61. The molecular weight excluding hydrogens is 310 g/mol. The molecule has 2 rings (SSSR count). The zero-order valence-electron chi connectivity index (χ0n) is 14.9. The molecule has 130 valence electrons. The molecule has 23 heavy (non-hydrogen) atoms. The quantitative estimate of drug-likeness (QED) is 0.830. The number of aromatic nitrogens is 2. The Hall–Kier alpha value is -1.02. The van der Waals surface area contributed by atoms with Gasteiger partial charge in [0.25, 0.3) is 0 Å². The first kappa shape index (κ1) is 18.3. The largest absolute Gasteiger partial charge is 0.411 e. The summed E-state index contributed by atoms with van der Waals surface area (Å²) in [7, 11) is -1.79. The molecule has 1 aliphatic rings. The Balaban J connectivity index is 2.03. The SMILES string of the molecule is CC(C)(C)[Si](C)(C)OCc1ccnc(N2CCO[C@H](CO)C2)n1. The molecule has 0 bridgehead atoms. The number of morpholine rings is 1. The van der Waals surface area contributed by atoms with Crippen LogP contribution in [0, 0.1) is 0 Å². The fraction of sp³-hybridized carbons (Fsp3) is 0.750. The van der Waals surface area contributed by atoms with Crippen LogP contribution in [-0.4, -0.2) is 55.8 Å². The van der Waals surface area contributed by atoms with Crippen LogP contribution in [0.15, 0.2) is 12.3 Å². The van der Waals surface area contributed by atoms with E-state index in [1.807, 2.05) is 6.07 Å². The minimum atomic E-state index is -1.79. The molecule has 0 aliphatic carbocycles. The van der Waals surface area contributed by atoms with Crippen molar-refractivity contribution in [1.29, 1.82) is 0 Å². The third-order valence-corrected chi connectivity index (χ3v) is 9.19. The zero-order valence-corrected chi connectivity index (χ0v) is 15.9. The van der Waals surface area contributed by atoms with Gasteiger partial charge in [-0.3, -0.25) is 0 Å². The molecule has 7 heteroatoms. The van der Waals surface area contributed by atoms with Crippen molar-refractivity contribution in [2.45, 2.75) is 51.6 Å². The molecule has 0 aromatic carbocycles. The molecule has 1 aromatic heterocycles. The summed E-state index contributed by atoms with van der Waals surface area (Å²) < 4.78 is 11.7. The van der Waals surface area contributed by atoms with E-state index < -0.39 is 8.32 Å². The predicted molar refractivity (Wildman–Crippen MR) is 93.1 cm³/mol. The van der Waals surface area contributed by atoms with Gasteiger partial charge >= 0.3 is 0 Å². The average Bonchev–Trinajstić information content (AvgIpc) is 2.52. The molecule has 1 atom stereocenters. The van der Waals surface area contributed by atoms with Crippen LogP contribution in [0.25, 0.3) is 0 Å². The minimum absolute atomic E-state index is 0.0185. The summed E-state index contributed by atoms with van der Waals surface area (Å²) in [6.45, 7) is 13.6. The number of hydrogen-bond acceptors (Lipinski definition) is 6. The third-order valence-electron chi connectivity index (χ3n) is 4.71. The van der Waals surface area contributed by atoms with Gasteiger partial charge in [0.15, 0.2) is 8.32 Å². The van der Waals surface area contributed by atoms with Crippen molar-refractivity contribution in [1.82, 2.24) is 9.97 Å². The van der Waals surface area contributed by atoms with Gasteiger partial charge in [-0.25, -0.2) is 9.97 Å². The first-order chi connectivity index (χ1) is 10.7. The van der Waals surface area contributed by atoms with Crippen molar-refractivity contribution in [3.63, 3.8) is 0 Å². The Morgan fingerprint density at radius 2 is 2.17 bits per heavy atom. The number of nitrogens with zero attached hydrogens (tertiary/aromatic N) is 3. The molecule has 0 saturated carbocycles. The Labute approximate surface area is 140 Å². The van der Waals surface area contributed by atoms with Crippen LogP contribution in [0.1, 0.15) is 26.5 Å². The maximum absolute atomic E-state index is 9.25. The van der Waals surface area contributed by atoms with Gasteiger partial charge in [-0.15, -0.1) is 0 Å². The Morgan fingerprint density at radius 1 is 1.43 bits per heavy atom. The summed E-state index contributed by atoms with van der Waals surface area (Å²) in [5, 5.41) is 9.43. The molecule has 1 fully saturated rings. The molecule has 2 heterocycles. The molecule has 1 saturated heterocycles. The van der Waals surface area contributed by atoms with Crippen molar-refractivity contribution in [2.75, 3.05) is 31.2 Å². The molecule has 1 N–H and O–H groups in total. The smallest absolute Gasteiger partial charge is 0.225 e. The lowest BCUT2D eigenvalue weighted by Gasteiger charge is -2.36. The lowest BCUT2D eigenvalue weighted by Crippen LogP contribution is -2.45. The highest BCUT2D eigenvalue weighted by Crippen LogP contribution is 2.37. The summed E-state index contributed by atoms with van der Waals surface area (Å²) in [6, 6.07) is 1.90. The Bertz CT molecular complexity index is 520. The van der Waals surface area contributed by atoms with E-state index in [2.05, 4.69) is 48.7 Å². The van der Waals surface area contributed by atoms with Crippen LogP contribution in [0.4, 0.5) is 5.95 Å². The first-order valence-electron chi connectivity index (χ1n) is 8.16. The monoisotopic (exact) mass is 339 g/mol. The van der Waals surface area contributed by atoms with Crippen LogP contribution in [0.3, 0.4) is 0 Å². The molecule has 6 nitrogen and oxygen atoms in total. The summed E-state index contributed by atoms with van der Waals surface area (Å²) in [5.74, 6) is 0.683. The molecular formula is C16H29N3O3Si. The molecule has 0 radical (unpaired) electrons. The van der Waals surface area contributed by atoms with E-state index in [-0.39, 0.29) is 17.7 Å². The second kappa shape index (κ2) is 7.25. The van der Waals surface area contributed by atoms with Crippen LogP contribution >= 0.6 is 0 Å². The van der Waals surface area contributed by atoms with E-state index in [1.165, 1.54) is 0 Å². The van der Waals surface area contributed by atoms with Crippen LogP contribution in [0.2, 0.25) is 18.1 Å². The summed E-state index contributed by atoms with van der Waals surface area (Å²) in [5.41, 5.74) is 0.895. The molecule has 1 aromatic rings. The van der Waals surface area contributed by atoms with Crippen LogP contribution < -0.4 is 4.90 Å². The topological polar surface area (TPSA) is 67.7 Å². The van der Waals surface area contributed by atoms with E-state index in [1.54, 1.807) is 6.20 Å². The third kappa shape index (κ3) is 4.73. The van der Waals surface area contributed by atoms with E-state index >= 15 is 0 Å². The normalized spacial score (nSPS) is 19.9. The number of anilines is 1.